The topological polar surface area (TPSA) is 9.23 Å². The molecule has 88 valence electrons. The van der Waals surface area contributed by atoms with Crippen molar-refractivity contribution in [3.8, 4) is 16.9 Å². The smallest absolute Gasteiger partial charge is 0.126 e. The number of ether oxygens (including phenoxy) is 1. The summed E-state index contributed by atoms with van der Waals surface area (Å²) in [7, 11) is 1.66. The van der Waals surface area contributed by atoms with Crippen LogP contribution in [0.4, 0.5) is 0 Å². The van der Waals surface area contributed by atoms with Gasteiger partial charge >= 0.3 is 0 Å². The average Bonchev–Trinajstić information content (AvgIpc) is 2.39. The summed E-state index contributed by atoms with van der Waals surface area (Å²) in [6.45, 7) is 0. The first-order valence-corrected chi connectivity index (χ1v) is 6.14. The third kappa shape index (κ3) is 2.74. The van der Waals surface area contributed by atoms with Gasteiger partial charge in [0.2, 0.25) is 0 Å². The van der Waals surface area contributed by atoms with Crippen LogP contribution in [0.1, 0.15) is 5.56 Å². The largest absolute Gasteiger partial charge is 0.496 e. The number of benzene rings is 2. The first-order valence-electron chi connectivity index (χ1n) is 5.23. The lowest BCUT2D eigenvalue weighted by molar-refractivity contribution is 0.416. The molecule has 3 heteroatoms. The van der Waals surface area contributed by atoms with Crippen molar-refractivity contribution in [2.45, 2.75) is 5.88 Å². The van der Waals surface area contributed by atoms with E-state index in [0.29, 0.717) is 5.88 Å². The molecule has 0 radical (unpaired) electrons. The monoisotopic (exact) mass is 266 g/mol. The molecule has 0 saturated carbocycles. The predicted octanol–water partition coefficient (Wildman–Crippen LogP) is 4.75. The van der Waals surface area contributed by atoms with Crippen molar-refractivity contribution in [2.75, 3.05) is 7.11 Å². The van der Waals surface area contributed by atoms with E-state index in [0.717, 1.165) is 27.5 Å². The van der Waals surface area contributed by atoms with E-state index in [4.69, 9.17) is 27.9 Å². The zero-order valence-electron chi connectivity index (χ0n) is 9.41. The van der Waals surface area contributed by atoms with Crippen molar-refractivity contribution >= 4 is 23.2 Å². The minimum Gasteiger partial charge on any atom is -0.496 e. The van der Waals surface area contributed by atoms with Gasteiger partial charge in [-0.1, -0.05) is 35.9 Å². The van der Waals surface area contributed by atoms with Gasteiger partial charge in [-0.05, 0) is 29.3 Å². The van der Waals surface area contributed by atoms with E-state index in [1.807, 2.05) is 42.5 Å². The Labute approximate surface area is 111 Å². The second-order valence-electron chi connectivity index (χ2n) is 3.68. The van der Waals surface area contributed by atoms with Gasteiger partial charge in [0, 0.05) is 16.5 Å². The van der Waals surface area contributed by atoms with Gasteiger partial charge < -0.3 is 4.74 Å². The SMILES string of the molecule is COc1cc(CCl)ccc1-c1ccc(Cl)cc1. The van der Waals surface area contributed by atoms with Crippen LogP contribution in [0.3, 0.4) is 0 Å². The Hall–Kier alpha value is -1.18. The lowest BCUT2D eigenvalue weighted by Crippen LogP contribution is -1.89. The van der Waals surface area contributed by atoms with Crippen LogP contribution < -0.4 is 4.74 Å². The van der Waals surface area contributed by atoms with Gasteiger partial charge in [-0.25, -0.2) is 0 Å². The second kappa shape index (κ2) is 5.44. The Morgan fingerprint density at radius 3 is 2.35 bits per heavy atom. The number of halogens is 2. The molecule has 0 aromatic heterocycles. The molecule has 0 unspecified atom stereocenters. The fourth-order valence-electron chi connectivity index (χ4n) is 1.69. The molecule has 2 aromatic carbocycles. The summed E-state index contributed by atoms with van der Waals surface area (Å²) in [6, 6.07) is 13.6. The Bertz CT molecular complexity index is 506. The van der Waals surface area contributed by atoms with Crippen LogP contribution in [0, 0.1) is 0 Å². The van der Waals surface area contributed by atoms with Gasteiger partial charge in [0.1, 0.15) is 5.75 Å². The zero-order valence-corrected chi connectivity index (χ0v) is 10.9. The highest BCUT2D eigenvalue weighted by Crippen LogP contribution is 2.31. The van der Waals surface area contributed by atoms with E-state index >= 15 is 0 Å². The number of rotatable bonds is 3. The number of hydrogen-bond acceptors (Lipinski definition) is 1. The van der Waals surface area contributed by atoms with Crippen molar-refractivity contribution in [1.82, 2.24) is 0 Å². The highest BCUT2D eigenvalue weighted by Gasteiger charge is 2.06. The number of hydrogen-bond donors (Lipinski definition) is 0. The molecular weight excluding hydrogens is 255 g/mol. The lowest BCUT2D eigenvalue weighted by Gasteiger charge is -2.10. The zero-order chi connectivity index (χ0) is 12.3. The standard InChI is InChI=1S/C14H12Cl2O/c1-17-14-8-10(9-15)2-7-13(14)11-3-5-12(16)6-4-11/h2-8H,9H2,1H3. The molecule has 2 aromatic rings. The number of alkyl halides is 1. The van der Waals surface area contributed by atoms with E-state index < -0.39 is 0 Å². The van der Waals surface area contributed by atoms with Crippen molar-refractivity contribution in [3.05, 3.63) is 53.1 Å². The van der Waals surface area contributed by atoms with Gasteiger partial charge in [0.15, 0.2) is 0 Å². The number of methoxy groups -OCH3 is 1. The van der Waals surface area contributed by atoms with Crippen LogP contribution in [0.5, 0.6) is 5.75 Å². The average molecular weight is 267 g/mol. The molecule has 0 aliphatic heterocycles. The van der Waals surface area contributed by atoms with Crippen LogP contribution in [-0.2, 0) is 5.88 Å². The summed E-state index contributed by atoms with van der Waals surface area (Å²) >= 11 is 11.7. The van der Waals surface area contributed by atoms with Gasteiger partial charge in [-0.3, -0.25) is 0 Å². The highest BCUT2D eigenvalue weighted by atomic mass is 35.5. The highest BCUT2D eigenvalue weighted by molar-refractivity contribution is 6.30. The van der Waals surface area contributed by atoms with E-state index in [1.54, 1.807) is 7.11 Å². The van der Waals surface area contributed by atoms with Crippen LogP contribution >= 0.6 is 23.2 Å². The Balaban J connectivity index is 2.47. The third-order valence-electron chi connectivity index (χ3n) is 2.58. The second-order valence-corrected chi connectivity index (χ2v) is 4.38. The molecule has 0 atom stereocenters. The Morgan fingerprint density at radius 1 is 1.06 bits per heavy atom. The maximum atomic E-state index is 5.87. The minimum atomic E-state index is 0.483. The molecule has 0 spiro atoms. The summed E-state index contributed by atoms with van der Waals surface area (Å²) in [5, 5.41) is 0.727. The summed E-state index contributed by atoms with van der Waals surface area (Å²) in [5.41, 5.74) is 3.16. The van der Waals surface area contributed by atoms with Crippen LogP contribution in [-0.4, -0.2) is 7.11 Å². The molecule has 17 heavy (non-hydrogen) atoms. The molecular formula is C14H12Cl2O. The van der Waals surface area contributed by atoms with Gasteiger partial charge in [0.05, 0.1) is 7.11 Å². The summed E-state index contributed by atoms with van der Waals surface area (Å²) in [6.07, 6.45) is 0. The quantitative estimate of drug-likeness (QED) is 0.729. The third-order valence-corrected chi connectivity index (χ3v) is 3.14. The molecule has 0 bridgehead atoms. The molecule has 0 saturated heterocycles. The summed E-state index contributed by atoms with van der Waals surface area (Å²) < 4.78 is 5.38. The first-order chi connectivity index (χ1) is 8.24. The van der Waals surface area contributed by atoms with E-state index in [2.05, 4.69) is 0 Å². The van der Waals surface area contributed by atoms with Gasteiger partial charge in [-0.15, -0.1) is 11.6 Å². The van der Waals surface area contributed by atoms with Gasteiger partial charge in [0.25, 0.3) is 0 Å². The summed E-state index contributed by atoms with van der Waals surface area (Å²) in [4.78, 5) is 0. The summed E-state index contributed by atoms with van der Waals surface area (Å²) in [5.74, 6) is 1.31. The molecule has 0 N–H and O–H groups in total. The van der Waals surface area contributed by atoms with Crippen molar-refractivity contribution < 1.29 is 4.74 Å². The molecule has 2 rings (SSSR count). The maximum absolute atomic E-state index is 5.87. The molecule has 0 amide bonds. The minimum absolute atomic E-state index is 0.483. The van der Waals surface area contributed by atoms with Crippen LogP contribution in [0.2, 0.25) is 5.02 Å². The normalized spacial score (nSPS) is 10.3. The fraction of sp³-hybridized carbons (Fsp3) is 0.143. The fourth-order valence-corrected chi connectivity index (χ4v) is 1.98. The Morgan fingerprint density at radius 2 is 1.76 bits per heavy atom. The van der Waals surface area contributed by atoms with Crippen molar-refractivity contribution in [1.29, 1.82) is 0 Å². The van der Waals surface area contributed by atoms with Gasteiger partial charge in [-0.2, -0.15) is 0 Å². The Kier molecular flexibility index (Phi) is 3.93. The lowest BCUT2D eigenvalue weighted by atomic mass is 10.0. The molecule has 0 fully saturated rings. The molecule has 0 heterocycles. The predicted molar refractivity (Wildman–Crippen MR) is 73.0 cm³/mol. The van der Waals surface area contributed by atoms with E-state index in [9.17, 15) is 0 Å². The van der Waals surface area contributed by atoms with Crippen molar-refractivity contribution in [3.63, 3.8) is 0 Å². The first kappa shape index (κ1) is 12.3. The van der Waals surface area contributed by atoms with E-state index in [-0.39, 0.29) is 0 Å². The molecule has 1 nitrogen and oxygen atoms in total. The van der Waals surface area contributed by atoms with Crippen molar-refractivity contribution in [2.24, 2.45) is 0 Å². The van der Waals surface area contributed by atoms with Crippen LogP contribution in [0.15, 0.2) is 42.5 Å². The van der Waals surface area contributed by atoms with Crippen LogP contribution in [0.25, 0.3) is 11.1 Å². The molecule has 0 aliphatic rings. The molecule has 0 aliphatic carbocycles. The maximum Gasteiger partial charge on any atom is 0.126 e. The van der Waals surface area contributed by atoms with E-state index in [1.165, 1.54) is 0 Å².